The number of hydrogen-bond acceptors (Lipinski definition) is 6. The molecule has 0 N–H and O–H groups in total. The highest BCUT2D eigenvalue weighted by Crippen LogP contribution is 2.23. The Morgan fingerprint density at radius 2 is 1.76 bits per heavy atom. The maximum atomic E-state index is 12.9. The standard InChI is InChI=1S/C22H28N4O3/c1-2-16-12-24-22(25-13-16)29-19-8-5-11-26(15-19)21(27)17-9-10-20(23-14-17)28-18-6-3-4-7-18/h9-10,12-14,18-19H,2-8,11,15H2,1H3. The molecule has 1 unspecified atom stereocenters. The van der Waals surface area contributed by atoms with Gasteiger partial charge in [0.15, 0.2) is 0 Å². The van der Waals surface area contributed by atoms with Crippen molar-refractivity contribution in [3.8, 4) is 11.9 Å². The second kappa shape index (κ2) is 9.20. The van der Waals surface area contributed by atoms with E-state index in [1.165, 1.54) is 12.8 Å². The largest absolute Gasteiger partial charge is 0.474 e. The molecule has 2 aromatic heterocycles. The molecular weight excluding hydrogens is 368 g/mol. The number of hydrogen-bond donors (Lipinski definition) is 0. The van der Waals surface area contributed by atoms with Crippen LogP contribution in [0.4, 0.5) is 0 Å². The molecule has 1 aliphatic carbocycles. The molecule has 2 fully saturated rings. The van der Waals surface area contributed by atoms with E-state index in [4.69, 9.17) is 9.47 Å². The van der Waals surface area contributed by atoms with E-state index in [1.54, 1.807) is 30.7 Å². The summed E-state index contributed by atoms with van der Waals surface area (Å²) in [6.07, 6.45) is 12.6. The molecule has 7 nitrogen and oxygen atoms in total. The quantitative estimate of drug-likeness (QED) is 0.744. The van der Waals surface area contributed by atoms with E-state index in [2.05, 4.69) is 21.9 Å². The second-order valence-electron chi connectivity index (χ2n) is 7.77. The Bertz CT molecular complexity index is 804. The molecular formula is C22H28N4O3. The van der Waals surface area contributed by atoms with Crippen LogP contribution in [0.15, 0.2) is 30.7 Å². The minimum Gasteiger partial charge on any atom is -0.474 e. The van der Waals surface area contributed by atoms with Gasteiger partial charge in [0.05, 0.1) is 12.1 Å². The second-order valence-corrected chi connectivity index (χ2v) is 7.77. The van der Waals surface area contributed by atoms with Crippen molar-refractivity contribution in [2.75, 3.05) is 13.1 Å². The molecule has 29 heavy (non-hydrogen) atoms. The van der Waals surface area contributed by atoms with Crippen LogP contribution in [0.5, 0.6) is 11.9 Å². The average Bonchev–Trinajstić information content (AvgIpc) is 3.28. The number of nitrogens with zero attached hydrogens (tertiary/aromatic N) is 4. The number of carbonyl (C=O) groups excluding carboxylic acids is 1. The van der Waals surface area contributed by atoms with Crippen LogP contribution >= 0.6 is 0 Å². The van der Waals surface area contributed by atoms with Crippen molar-refractivity contribution in [3.63, 3.8) is 0 Å². The fraction of sp³-hybridized carbons (Fsp3) is 0.545. The van der Waals surface area contributed by atoms with Gasteiger partial charge in [0.1, 0.15) is 12.2 Å². The number of ether oxygens (including phenoxy) is 2. The number of pyridine rings is 1. The van der Waals surface area contributed by atoms with Crippen LogP contribution in [0, 0.1) is 0 Å². The van der Waals surface area contributed by atoms with Crippen LogP contribution in [0.3, 0.4) is 0 Å². The summed E-state index contributed by atoms with van der Waals surface area (Å²) >= 11 is 0. The third-order valence-corrected chi connectivity index (χ3v) is 5.60. The van der Waals surface area contributed by atoms with Crippen LogP contribution in [-0.4, -0.2) is 51.1 Å². The molecule has 0 aromatic carbocycles. The van der Waals surface area contributed by atoms with Gasteiger partial charge >= 0.3 is 6.01 Å². The molecule has 0 bridgehead atoms. The number of piperidine rings is 1. The Labute approximate surface area is 171 Å². The van der Waals surface area contributed by atoms with Crippen molar-refractivity contribution in [3.05, 3.63) is 41.9 Å². The zero-order valence-electron chi connectivity index (χ0n) is 16.9. The molecule has 4 rings (SSSR count). The fourth-order valence-corrected chi connectivity index (χ4v) is 3.89. The number of carbonyl (C=O) groups is 1. The summed E-state index contributed by atoms with van der Waals surface area (Å²) < 4.78 is 11.8. The van der Waals surface area contributed by atoms with Crippen LogP contribution in [0.1, 0.15) is 61.4 Å². The van der Waals surface area contributed by atoms with E-state index in [9.17, 15) is 4.79 Å². The fourth-order valence-electron chi connectivity index (χ4n) is 3.89. The normalized spacial score (nSPS) is 19.9. The van der Waals surface area contributed by atoms with Gasteiger partial charge in [-0.15, -0.1) is 0 Å². The van der Waals surface area contributed by atoms with Gasteiger partial charge in [-0.05, 0) is 56.6 Å². The third-order valence-electron chi connectivity index (χ3n) is 5.60. The maximum absolute atomic E-state index is 12.9. The summed E-state index contributed by atoms with van der Waals surface area (Å²) in [6, 6.07) is 3.97. The molecule has 2 aromatic rings. The molecule has 7 heteroatoms. The monoisotopic (exact) mass is 396 g/mol. The van der Waals surface area contributed by atoms with Crippen molar-refractivity contribution in [1.29, 1.82) is 0 Å². The van der Waals surface area contributed by atoms with E-state index < -0.39 is 0 Å². The summed E-state index contributed by atoms with van der Waals surface area (Å²) in [4.78, 5) is 27.6. The van der Waals surface area contributed by atoms with Crippen LogP contribution in [-0.2, 0) is 6.42 Å². The Balaban J connectivity index is 1.33. The molecule has 1 amide bonds. The van der Waals surface area contributed by atoms with Gasteiger partial charge in [0, 0.05) is 31.2 Å². The predicted octanol–water partition coefficient (Wildman–Crippen LogP) is 3.44. The van der Waals surface area contributed by atoms with Gasteiger partial charge in [-0.25, -0.2) is 15.0 Å². The van der Waals surface area contributed by atoms with Gasteiger partial charge in [-0.3, -0.25) is 4.79 Å². The van der Waals surface area contributed by atoms with Crippen molar-refractivity contribution < 1.29 is 14.3 Å². The van der Waals surface area contributed by atoms with Crippen LogP contribution < -0.4 is 9.47 Å². The first-order chi connectivity index (χ1) is 14.2. The van der Waals surface area contributed by atoms with Crippen molar-refractivity contribution in [2.45, 2.75) is 64.1 Å². The highest BCUT2D eigenvalue weighted by molar-refractivity contribution is 5.94. The Morgan fingerprint density at radius 3 is 2.45 bits per heavy atom. The van der Waals surface area contributed by atoms with Gasteiger partial charge < -0.3 is 14.4 Å². The van der Waals surface area contributed by atoms with Gasteiger partial charge in [0.2, 0.25) is 5.88 Å². The number of aromatic nitrogens is 3. The number of rotatable bonds is 6. The summed E-state index contributed by atoms with van der Waals surface area (Å²) in [5.74, 6) is 0.571. The van der Waals surface area contributed by atoms with Crippen molar-refractivity contribution in [1.82, 2.24) is 19.9 Å². The Morgan fingerprint density at radius 1 is 1.00 bits per heavy atom. The molecule has 154 valence electrons. The third kappa shape index (κ3) is 5.02. The Kier molecular flexibility index (Phi) is 6.22. The number of amides is 1. The molecule has 0 radical (unpaired) electrons. The van der Waals surface area contributed by atoms with E-state index in [0.717, 1.165) is 37.7 Å². The lowest BCUT2D eigenvalue weighted by Crippen LogP contribution is -2.44. The predicted molar refractivity (Wildman–Crippen MR) is 108 cm³/mol. The molecule has 1 atom stereocenters. The van der Waals surface area contributed by atoms with E-state index in [-0.39, 0.29) is 18.1 Å². The lowest BCUT2D eigenvalue weighted by Gasteiger charge is -2.32. The SMILES string of the molecule is CCc1cnc(OC2CCCN(C(=O)c3ccc(OC4CCCC4)nc3)C2)nc1. The summed E-state index contributed by atoms with van der Waals surface area (Å²) in [5.41, 5.74) is 1.65. The van der Waals surface area contributed by atoms with Crippen LogP contribution in [0.2, 0.25) is 0 Å². The summed E-state index contributed by atoms with van der Waals surface area (Å²) in [5, 5.41) is 0. The smallest absolute Gasteiger partial charge is 0.316 e. The minimum atomic E-state index is -0.0990. The topological polar surface area (TPSA) is 77.4 Å². The number of likely N-dealkylation sites (tertiary alicyclic amines) is 1. The van der Waals surface area contributed by atoms with Crippen LogP contribution in [0.25, 0.3) is 0 Å². The summed E-state index contributed by atoms with van der Waals surface area (Å²) in [7, 11) is 0. The lowest BCUT2D eigenvalue weighted by atomic mass is 10.1. The lowest BCUT2D eigenvalue weighted by molar-refractivity contribution is 0.0515. The molecule has 2 aliphatic rings. The molecule has 0 spiro atoms. The van der Waals surface area contributed by atoms with Gasteiger partial charge in [-0.1, -0.05) is 6.92 Å². The van der Waals surface area contributed by atoms with Crippen molar-refractivity contribution >= 4 is 5.91 Å². The van der Waals surface area contributed by atoms with E-state index >= 15 is 0 Å². The highest BCUT2D eigenvalue weighted by atomic mass is 16.5. The minimum absolute atomic E-state index is 0.0273. The van der Waals surface area contributed by atoms with E-state index in [1.807, 2.05) is 4.90 Å². The van der Waals surface area contributed by atoms with Gasteiger partial charge in [-0.2, -0.15) is 0 Å². The van der Waals surface area contributed by atoms with Gasteiger partial charge in [0.25, 0.3) is 5.91 Å². The first-order valence-electron chi connectivity index (χ1n) is 10.6. The first kappa shape index (κ1) is 19.6. The molecule has 1 saturated carbocycles. The number of aryl methyl sites for hydroxylation is 1. The zero-order chi connectivity index (χ0) is 20.1. The van der Waals surface area contributed by atoms with Crippen molar-refractivity contribution in [2.24, 2.45) is 0 Å². The molecule has 1 saturated heterocycles. The maximum Gasteiger partial charge on any atom is 0.316 e. The average molecular weight is 396 g/mol. The van der Waals surface area contributed by atoms with E-state index in [0.29, 0.717) is 30.5 Å². The zero-order valence-corrected chi connectivity index (χ0v) is 16.9. The Hall–Kier alpha value is -2.70. The molecule has 3 heterocycles. The molecule has 1 aliphatic heterocycles. The highest BCUT2D eigenvalue weighted by Gasteiger charge is 2.26. The first-order valence-corrected chi connectivity index (χ1v) is 10.6. The summed E-state index contributed by atoms with van der Waals surface area (Å²) in [6.45, 7) is 3.30.